The minimum atomic E-state index is -1.81. The third-order valence-corrected chi connectivity index (χ3v) is 12.7. The number of benzene rings is 1. The van der Waals surface area contributed by atoms with Crippen molar-refractivity contribution in [2.24, 2.45) is 0 Å². The van der Waals surface area contributed by atoms with Crippen LogP contribution < -0.4 is 5.19 Å². The van der Waals surface area contributed by atoms with Gasteiger partial charge in [-0.15, -0.1) is 23.5 Å². The second kappa shape index (κ2) is 6.93. The van der Waals surface area contributed by atoms with Crippen LogP contribution in [-0.2, 0) is 0 Å². The molecule has 0 bridgehead atoms. The lowest BCUT2D eigenvalue weighted by Crippen LogP contribution is -2.41. The molecule has 0 radical (unpaired) electrons. The lowest BCUT2D eigenvalue weighted by Gasteiger charge is -2.27. The van der Waals surface area contributed by atoms with Gasteiger partial charge in [0.1, 0.15) is 0 Å². The minimum Gasteiger partial charge on any atom is -0.396 e. The fraction of sp³-hybridized carbons (Fsp3) is 0.625. The first-order valence-electron chi connectivity index (χ1n) is 8.17. The maximum atomic E-state index is 10.2. The van der Waals surface area contributed by atoms with Crippen LogP contribution in [0.5, 0.6) is 0 Å². The Morgan fingerprint density at radius 3 is 1.76 bits per heavy atom. The molecule has 0 aliphatic carbocycles. The molecule has 2 aliphatic heterocycles. The molecule has 1 aromatic rings. The van der Waals surface area contributed by atoms with Gasteiger partial charge in [0.2, 0.25) is 0 Å². The zero-order chi connectivity index (χ0) is 18.6. The summed E-state index contributed by atoms with van der Waals surface area (Å²) in [5.41, 5.74) is 1.09. The largest absolute Gasteiger partial charge is 0.396 e. The van der Waals surface area contributed by atoms with Crippen molar-refractivity contribution >= 4 is 60.3 Å². The van der Waals surface area contributed by atoms with Crippen molar-refractivity contribution in [1.29, 1.82) is 0 Å². The van der Waals surface area contributed by atoms with Gasteiger partial charge in [0, 0.05) is 32.8 Å². The summed E-state index contributed by atoms with van der Waals surface area (Å²) in [4.78, 5) is 4.41. The molecule has 1 aromatic carbocycles. The quantitative estimate of drug-likeness (QED) is 0.414. The Bertz CT molecular complexity index is 697. The van der Waals surface area contributed by atoms with Crippen molar-refractivity contribution in [3.8, 4) is 0 Å². The predicted octanol–water partition coefficient (Wildman–Crippen LogP) is 2.99. The lowest BCUT2D eigenvalue weighted by molar-refractivity contribution is 0.00818. The first kappa shape index (κ1) is 20.4. The SMILES string of the molecule is Cc1c2c(c([Si](C)(C)C)c3c1SC(CCO)(CCO)S3)SC(O)(O)S2. The van der Waals surface area contributed by atoms with E-state index in [1.807, 2.05) is 6.92 Å². The van der Waals surface area contributed by atoms with Crippen molar-refractivity contribution < 1.29 is 20.4 Å². The van der Waals surface area contributed by atoms with Gasteiger partial charge in [-0.1, -0.05) is 19.6 Å². The van der Waals surface area contributed by atoms with Gasteiger partial charge in [0.15, 0.2) is 0 Å². The molecule has 9 heteroatoms. The second-order valence-corrected chi connectivity index (χ2v) is 18.0. The van der Waals surface area contributed by atoms with Gasteiger partial charge >= 0.3 is 0 Å². The molecule has 140 valence electrons. The summed E-state index contributed by atoms with van der Waals surface area (Å²) in [5, 5.41) is 40.8. The van der Waals surface area contributed by atoms with Crippen LogP contribution in [-0.4, -0.2) is 50.2 Å². The van der Waals surface area contributed by atoms with Gasteiger partial charge < -0.3 is 20.4 Å². The third kappa shape index (κ3) is 3.69. The Kier molecular flexibility index (Phi) is 5.66. The number of hydrogen-bond acceptors (Lipinski definition) is 8. The van der Waals surface area contributed by atoms with Crippen molar-refractivity contribution in [1.82, 2.24) is 0 Å². The molecular weight excluding hydrogens is 413 g/mol. The molecule has 0 saturated heterocycles. The number of aliphatic hydroxyl groups excluding tert-OH is 2. The van der Waals surface area contributed by atoms with E-state index in [-0.39, 0.29) is 17.3 Å². The maximum Gasteiger partial charge on any atom is 0.274 e. The summed E-state index contributed by atoms with van der Waals surface area (Å²) in [6.07, 6.45) is 1.24. The maximum absolute atomic E-state index is 10.2. The Labute approximate surface area is 166 Å². The fourth-order valence-electron chi connectivity index (χ4n) is 3.25. The molecule has 25 heavy (non-hydrogen) atoms. The lowest BCUT2D eigenvalue weighted by atomic mass is 10.2. The minimum absolute atomic E-state index is 0.0922. The Balaban J connectivity index is 2.20. The molecule has 4 N–H and O–H groups in total. The highest BCUT2D eigenvalue weighted by atomic mass is 32.2. The summed E-state index contributed by atoms with van der Waals surface area (Å²) in [6.45, 7) is 9.07. The summed E-state index contributed by atoms with van der Waals surface area (Å²) in [7, 11) is -1.76. The van der Waals surface area contributed by atoms with Crippen LogP contribution in [0.3, 0.4) is 0 Å². The van der Waals surface area contributed by atoms with Crippen LogP contribution in [0, 0.1) is 6.92 Å². The van der Waals surface area contributed by atoms with E-state index in [9.17, 15) is 20.4 Å². The number of aliphatic hydroxyl groups is 4. The van der Waals surface area contributed by atoms with Gasteiger partial charge in [-0.3, -0.25) is 0 Å². The van der Waals surface area contributed by atoms with E-state index >= 15 is 0 Å². The first-order chi connectivity index (χ1) is 11.5. The van der Waals surface area contributed by atoms with E-state index in [0.717, 1.165) is 38.9 Å². The zero-order valence-corrected chi connectivity index (χ0v) is 19.0. The van der Waals surface area contributed by atoms with E-state index in [0.29, 0.717) is 12.8 Å². The van der Waals surface area contributed by atoms with Crippen molar-refractivity contribution in [2.45, 2.75) is 67.5 Å². The standard InChI is InChI=1S/C16H24O4S4Si/c1-9-10-12(22-15(21-10,5-7-17)6-8-18)14(25(2,3)4)13-11(9)23-16(19,20)24-13/h17-20H,5-8H2,1-4H3. The molecule has 0 atom stereocenters. The Hall–Kier alpha value is 0.677. The molecule has 0 spiro atoms. The van der Waals surface area contributed by atoms with Gasteiger partial charge in [-0.2, -0.15) is 0 Å². The molecule has 0 amide bonds. The van der Waals surface area contributed by atoms with Gasteiger partial charge in [0.25, 0.3) is 4.45 Å². The van der Waals surface area contributed by atoms with Crippen molar-refractivity contribution in [2.75, 3.05) is 13.2 Å². The molecule has 0 unspecified atom stereocenters. The monoisotopic (exact) mass is 436 g/mol. The Morgan fingerprint density at radius 1 is 0.800 bits per heavy atom. The average Bonchev–Trinajstić information content (AvgIpc) is 2.96. The fourth-order valence-corrected chi connectivity index (χ4v) is 13.0. The molecule has 2 aliphatic rings. The van der Waals surface area contributed by atoms with Crippen molar-refractivity contribution in [3.63, 3.8) is 0 Å². The van der Waals surface area contributed by atoms with E-state index in [2.05, 4.69) is 19.6 Å². The zero-order valence-electron chi connectivity index (χ0n) is 14.8. The van der Waals surface area contributed by atoms with Crippen LogP contribution in [0.25, 0.3) is 0 Å². The molecule has 0 saturated carbocycles. The van der Waals surface area contributed by atoms with E-state index in [4.69, 9.17) is 0 Å². The molecule has 3 rings (SSSR count). The average molecular weight is 437 g/mol. The van der Waals surface area contributed by atoms with Gasteiger partial charge in [0.05, 0.1) is 12.2 Å². The molecule has 4 nitrogen and oxygen atoms in total. The molecule has 2 heterocycles. The summed E-state index contributed by atoms with van der Waals surface area (Å²) >= 11 is 5.75. The Morgan fingerprint density at radius 2 is 1.24 bits per heavy atom. The summed E-state index contributed by atoms with van der Waals surface area (Å²) in [5.74, 6) is 0. The highest BCUT2D eigenvalue weighted by molar-refractivity contribution is 8.21. The van der Waals surface area contributed by atoms with E-state index in [1.54, 1.807) is 23.5 Å². The van der Waals surface area contributed by atoms with Crippen LogP contribution in [0.15, 0.2) is 19.6 Å². The third-order valence-electron chi connectivity index (χ3n) is 4.33. The summed E-state index contributed by atoms with van der Waals surface area (Å²) in [6, 6.07) is 0. The molecular formula is C16H24O4S4Si. The van der Waals surface area contributed by atoms with E-state index < -0.39 is 12.5 Å². The van der Waals surface area contributed by atoms with Crippen molar-refractivity contribution in [3.05, 3.63) is 5.56 Å². The predicted molar refractivity (Wildman–Crippen MR) is 111 cm³/mol. The van der Waals surface area contributed by atoms with Crippen LogP contribution >= 0.6 is 47.0 Å². The smallest absolute Gasteiger partial charge is 0.274 e. The highest BCUT2D eigenvalue weighted by Crippen LogP contribution is 2.64. The number of fused-ring (bicyclic) bond motifs is 2. The van der Waals surface area contributed by atoms with E-state index in [1.165, 1.54) is 15.0 Å². The topological polar surface area (TPSA) is 80.9 Å². The van der Waals surface area contributed by atoms with Gasteiger partial charge in [-0.05, 0) is 54.0 Å². The molecule has 0 fully saturated rings. The van der Waals surface area contributed by atoms with Crippen LogP contribution in [0.1, 0.15) is 18.4 Å². The normalized spacial score (nSPS) is 20.6. The highest BCUT2D eigenvalue weighted by Gasteiger charge is 2.47. The number of hydrogen-bond donors (Lipinski definition) is 4. The molecule has 0 aromatic heterocycles. The van der Waals surface area contributed by atoms with Gasteiger partial charge in [-0.25, -0.2) is 0 Å². The van der Waals surface area contributed by atoms with Crippen LogP contribution in [0.4, 0.5) is 0 Å². The summed E-state index contributed by atoms with van der Waals surface area (Å²) < 4.78 is -2.05. The number of thioether (sulfide) groups is 4. The first-order valence-corrected chi connectivity index (χ1v) is 14.9. The van der Waals surface area contributed by atoms with Crippen LogP contribution in [0.2, 0.25) is 19.6 Å². The second-order valence-electron chi connectivity index (χ2n) is 7.38. The number of rotatable bonds is 5.